The highest BCUT2D eigenvalue weighted by Gasteiger charge is 2.21. The summed E-state index contributed by atoms with van der Waals surface area (Å²) < 4.78 is 6.01. The van der Waals surface area contributed by atoms with E-state index in [1.807, 2.05) is 54.6 Å². The van der Waals surface area contributed by atoms with Crippen molar-refractivity contribution in [1.82, 2.24) is 0 Å². The van der Waals surface area contributed by atoms with Gasteiger partial charge in [-0.1, -0.05) is 83.7 Å². The molecule has 102 valence electrons. The summed E-state index contributed by atoms with van der Waals surface area (Å²) in [5.41, 5.74) is 3.29. The zero-order valence-electron chi connectivity index (χ0n) is 11.2. The van der Waals surface area contributed by atoms with Gasteiger partial charge in [0, 0.05) is 5.02 Å². The summed E-state index contributed by atoms with van der Waals surface area (Å²) in [7, 11) is 0. The van der Waals surface area contributed by atoms with Gasteiger partial charge < -0.3 is 4.74 Å². The first-order chi connectivity index (χ1) is 10.3. The van der Waals surface area contributed by atoms with Crippen molar-refractivity contribution in [2.75, 3.05) is 0 Å². The topological polar surface area (TPSA) is 9.23 Å². The molecule has 0 saturated carbocycles. The van der Waals surface area contributed by atoms with Crippen LogP contribution < -0.4 is 4.74 Å². The fourth-order valence-corrected chi connectivity index (χ4v) is 2.93. The molecule has 0 unspecified atom stereocenters. The van der Waals surface area contributed by atoms with Gasteiger partial charge in [0.05, 0.1) is 11.5 Å². The van der Waals surface area contributed by atoms with E-state index in [-0.39, 0.29) is 0 Å². The molecule has 0 radical (unpaired) electrons. The van der Waals surface area contributed by atoms with Crippen molar-refractivity contribution in [2.45, 2.75) is 0 Å². The number of ether oxygens (including phenoxy) is 1. The second kappa shape index (κ2) is 4.87. The Morgan fingerprint density at radius 1 is 0.714 bits per heavy atom. The lowest BCUT2D eigenvalue weighted by atomic mass is 9.83. The molecular weight excluding hydrogens is 280 g/mol. The van der Waals surface area contributed by atoms with Crippen LogP contribution in [-0.2, 0) is 0 Å². The van der Waals surface area contributed by atoms with E-state index >= 15 is 0 Å². The van der Waals surface area contributed by atoms with E-state index in [1.165, 1.54) is 0 Å². The standard InChI is InChI=1S/C19H12ClO/c20-14-7-5-6-13(12-14)19-15-8-1-3-10-17(15)21-18-11-4-2-9-16(18)19/h1-12H/q-1. The van der Waals surface area contributed by atoms with E-state index in [0.717, 1.165) is 39.1 Å². The molecule has 4 rings (SSSR count). The quantitative estimate of drug-likeness (QED) is 0.423. The number of para-hydroxylation sites is 2. The van der Waals surface area contributed by atoms with E-state index < -0.39 is 0 Å². The fraction of sp³-hybridized carbons (Fsp3) is 0. The van der Waals surface area contributed by atoms with Crippen LogP contribution in [0.15, 0.2) is 72.8 Å². The second-order valence-corrected chi connectivity index (χ2v) is 5.42. The summed E-state index contributed by atoms with van der Waals surface area (Å²) in [6.45, 7) is 0. The monoisotopic (exact) mass is 291 g/mol. The van der Waals surface area contributed by atoms with Crippen molar-refractivity contribution >= 4 is 11.6 Å². The predicted molar refractivity (Wildman–Crippen MR) is 85.0 cm³/mol. The zero-order chi connectivity index (χ0) is 14.2. The molecule has 21 heavy (non-hydrogen) atoms. The maximum absolute atomic E-state index is 6.17. The lowest BCUT2D eigenvalue weighted by Gasteiger charge is -2.34. The fourth-order valence-electron chi connectivity index (χ4n) is 2.74. The van der Waals surface area contributed by atoms with Crippen LogP contribution in [0.3, 0.4) is 0 Å². The molecule has 0 spiro atoms. The van der Waals surface area contributed by atoms with Crippen LogP contribution in [0, 0.1) is 5.92 Å². The summed E-state index contributed by atoms with van der Waals surface area (Å²) in [4.78, 5) is 0. The molecule has 3 aromatic carbocycles. The molecule has 0 N–H and O–H groups in total. The average Bonchev–Trinajstić information content (AvgIpc) is 2.52. The second-order valence-electron chi connectivity index (χ2n) is 4.98. The number of hydrogen-bond donors (Lipinski definition) is 0. The molecule has 0 amide bonds. The van der Waals surface area contributed by atoms with Gasteiger partial charge in [0.1, 0.15) is 0 Å². The summed E-state index contributed by atoms with van der Waals surface area (Å²) in [6.07, 6.45) is 0. The van der Waals surface area contributed by atoms with E-state index in [0.29, 0.717) is 0 Å². The predicted octanol–water partition coefficient (Wildman–Crippen LogP) is 5.46. The Morgan fingerprint density at radius 2 is 1.33 bits per heavy atom. The van der Waals surface area contributed by atoms with Crippen molar-refractivity contribution in [3.8, 4) is 11.5 Å². The van der Waals surface area contributed by atoms with Crippen molar-refractivity contribution in [1.29, 1.82) is 0 Å². The van der Waals surface area contributed by atoms with Gasteiger partial charge >= 0.3 is 0 Å². The summed E-state index contributed by atoms with van der Waals surface area (Å²) in [6, 6.07) is 24.1. The molecule has 0 saturated heterocycles. The van der Waals surface area contributed by atoms with Crippen LogP contribution in [0.4, 0.5) is 0 Å². The number of rotatable bonds is 1. The Labute approximate surface area is 128 Å². The van der Waals surface area contributed by atoms with Crippen molar-refractivity contribution in [3.05, 3.63) is 100 Å². The Bertz CT molecular complexity index is 764. The summed E-state index contributed by atoms with van der Waals surface area (Å²) in [5, 5.41) is 0.737. The van der Waals surface area contributed by atoms with E-state index in [1.54, 1.807) is 0 Å². The van der Waals surface area contributed by atoms with Crippen LogP contribution in [-0.4, -0.2) is 0 Å². The molecule has 0 fully saturated rings. The zero-order valence-corrected chi connectivity index (χ0v) is 12.0. The number of fused-ring (bicyclic) bond motifs is 2. The van der Waals surface area contributed by atoms with E-state index in [9.17, 15) is 0 Å². The van der Waals surface area contributed by atoms with Gasteiger partial charge in [0.2, 0.25) is 0 Å². The molecule has 0 aromatic heterocycles. The van der Waals surface area contributed by atoms with Crippen molar-refractivity contribution in [2.24, 2.45) is 0 Å². The highest BCUT2D eigenvalue weighted by Crippen LogP contribution is 2.46. The largest absolute Gasteiger partial charge is 0.506 e. The van der Waals surface area contributed by atoms with Gasteiger partial charge in [-0.15, -0.1) is 0 Å². The van der Waals surface area contributed by atoms with Crippen LogP contribution in [0.5, 0.6) is 11.5 Å². The van der Waals surface area contributed by atoms with Crippen LogP contribution in [0.2, 0.25) is 5.02 Å². The maximum atomic E-state index is 6.17. The van der Waals surface area contributed by atoms with Crippen LogP contribution >= 0.6 is 11.6 Å². The Morgan fingerprint density at radius 3 is 1.95 bits per heavy atom. The van der Waals surface area contributed by atoms with Crippen LogP contribution in [0.25, 0.3) is 0 Å². The molecular formula is C19H12ClO-. The lowest BCUT2D eigenvalue weighted by Crippen LogP contribution is -2.12. The third kappa shape index (κ3) is 2.07. The minimum absolute atomic E-state index is 0.737. The molecule has 1 nitrogen and oxygen atoms in total. The lowest BCUT2D eigenvalue weighted by molar-refractivity contribution is 0.465. The van der Waals surface area contributed by atoms with Gasteiger partial charge in [-0.3, -0.25) is 0 Å². The van der Waals surface area contributed by atoms with Gasteiger partial charge in [0.15, 0.2) is 0 Å². The molecule has 0 bridgehead atoms. The molecule has 0 aliphatic carbocycles. The minimum atomic E-state index is 0.737. The Hall–Kier alpha value is -2.38. The number of hydrogen-bond acceptors (Lipinski definition) is 1. The molecule has 1 aliphatic rings. The average molecular weight is 292 g/mol. The molecule has 0 atom stereocenters. The number of benzene rings is 3. The smallest absolute Gasteiger partial charge is 0.0799 e. The molecule has 2 heteroatoms. The van der Waals surface area contributed by atoms with Gasteiger partial charge in [-0.05, 0) is 23.3 Å². The highest BCUT2D eigenvalue weighted by atomic mass is 35.5. The van der Waals surface area contributed by atoms with Gasteiger partial charge in [-0.25, -0.2) is 0 Å². The van der Waals surface area contributed by atoms with E-state index in [2.05, 4.69) is 18.2 Å². The van der Waals surface area contributed by atoms with Crippen molar-refractivity contribution in [3.63, 3.8) is 0 Å². The number of halogens is 1. The summed E-state index contributed by atoms with van der Waals surface area (Å²) >= 11 is 6.17. The molecule has 1 aliphatic heterocycles. The first-order valence-corrected chi connectivity index (χ1v) is 7.20. The Balaban J connectivity index is 1.97. The summed E-state index contributed by atoms with van der Waals surface area (Å²) in [5.74, 6) is 2.92. The first kappa shape index (κ1) is 12.4. The maximum Gasteiger partial charge on any atom is 0.0799 e. The third-order valence-electron chi connectivity index (χ3n) is 3.65. The van der Waals surface area contributed by atoms with Gasteiger partial charge in [0.25, 0.3) is 0 Å². The van der Waals surface area contributed by atoms with Gasteiger partial charge in [-0.2, -0.15) is 0 Å². The van der Waals surface area contributed by atoms with E-state index in [4.69, 9.17) is 16.3 Å². The first-order valence-electron chi connectivity index (χ1n) is 6.82. The molecule has 3 aromatic rings. The van der Waals surface area contributed by atoms with Crippen molar-refractivity contribution < 1.29 is 4.74 Å². The molecule has 1 heterocycles. The highest BCUT2D eigenvalue weighted by molar-refractivity contribution is 6.30. The SMILES string of the molecule is Clc1cccc([C-]2c3ccccc3Oc3ccccc32)c1. The van der Waals surface area contributed by atoms with Crippen LogP contribution in [0.1, 0.15) is 16.7 Å². The minimum Gasteiger partial charge on any atom is -0.506 e. The Kier molecular flexibility index (Phi) is 2.87. The third-order valence-corrected chi connectivity index (χ3v) is 3.88. The normalized spacial score (nSPS) is 12.3.